The molecule has 1 fully saturated rings. The molecule has 0 spiro atoms. The minimum atomic E-state index is -0.344. The van der Waals surface area contributed by atoms with Crippen LogP contribution in [0.5, 0.6) is 11.5 Å². The van der Waals surface area contributed by atoms with Crippen LogP contribution in [0.4, 0.5) is 0 Å². The van der Waals surface area contributed by atoms with Gasteiger partial charge in [-0.2, -0.15) is 5.26 Å². The Morgan fingerprint density at radius 2 is 1.38 bits per heavy atom. The van der Waals surface area contributed by atoms with Gasteiger partial charge in [-0.3, -0.25) is 14.2 Å². The summed E-state index contributed by atoms with van der Waals surface area (Å²) in [5, 5.41) is 10.1. The van der Waals surface area contributed by atoms with Gasteiger partial charge in [0.25, 0.3) is 11.5 Å². The molecule has 0 saturated carbocycles. The van der Waals surface area contributed by atoms with Crippen molar-refractivity contribution in [3.8, 4) is 23.3 Å². The first kappa shape index (κ1) is 29.7. The van der Waals surface area contributed by atoms with Crippen LogP contribution in [0, 0.1) is 11.3 Å². The van der Waals surface area contributed by atoms with Crippen molar-refractivity contribution in [3.63, 3.8) is 0 Å². The molecule has 0 N–H and O–H groups in total. The van der Waals surface area contributed by atoms with E-state index in [1.165, 1.54) is 4.57 Å². The van der Waals surface area contributed by atoms with Gasteiger partial charge in [-0.05, 0) is 59.9 Å². The predicted octanol–water partition coefficient (Wildman–Crippen LogP) is 5.18. The van der Waals surface area contributed by atoms with Crippen LogP contribution in [0.2, 0.25) is 0 Å². The first-order valence-corrected chi connectivity index (χ1v) is 15.6. The van der Waals surface area contributed by atoms with E-state index in [4.69, 9.17) is 9.47 Å². The third-order valence-electron chi connectivity index (χ3n) is 7.51. The lowest BCUT2D eigenvalue weighted by atomic mass is 10.2. The van der Waals surface area contributed by atoms with Crippen LogP contribution in [0.25, 0.3) is 17.3 Å². The van der Waals surface area contributed by atoms with Crippen molar-refractivity contribution >= 4 is 28.9 Å². The topological polar surface area (TPSA) is 84.6 Å². The highest BCUT2D eigenvalue weighted by Crippen LogP contribution is 2.30. The van der Waals surface area contributed by atoms with Crippen molar-refractivity contribution in [3.05, 3.63) is 145 Å². The number of carbonyl (C=O) groups excluding carboxylic acids is 1. The smallest absolute Gasteiger partial charge is 0.273 e. The highest BCUT2D eigenvalue weighted by Gasteiger charge is 2.24. The number of benzene rings is 4. The molecule has 7 nitrogen and oxygen atoms in total. The van der Waals surface area contributed by atoms with E-state index < -0.39 is 0 Å². The molecule has 2 heterocycles. The van der Waals surface area contributed by atoms with Crippen LogP contribution in [-0.4, -0.2) is 28.5 Å². The zero-order valence-corrected chi connectivity index (χ0v) is 25.4. The lowest BCUT2D eigenvalue weighted by Crippen LogP contribution is -2.35. The Hall–Kier alpha value is -5.39. The normalized spacial score (nSPS) is 13.8. The number of ether oxygens (including phenoxy) is 2. The van der Waals surface area contributed by atoms with Crippen molar-refractivity contribution < 1.29 is 14.3 Å². The van der Waals surface area contributed by atoms with E-state index >= 15 is 0 Å². The van der Waals surface area contributed by atoms with Crippen molar-refractivity contribution in [1.82, 2.24) is 9.47 Å². The van der Waals surface area contributed by atoms with E-state index in [0.29, 0.717) is 52.7 Å². The number of para-hydroxylation sites is 1. The van der Waals surface area contributed by atoms with Gasteiger partial charge in [0.1, 0.15) is 23.9 Å². The van der Waals surface area contributed by atoms with E-state index in [1.807, 2.05) is 97.1 Å². The number of likely N-dealkylation sites (tertiary alicyclic amines) is 1. The van der Waals surface area contributed by atoms with Gasteiger partial charge in [-0.15, -0.1) is 11.3 Å². The molecule has 4 aromatic carbocycles. The highest BCUT2D eigenvalue weighted by atomic mass is 32.1. The Morgan fingerprint density at radius 1 is 0.800 bits per heavy atom. The van der Waals surface area contributed by atoms with Gasteiger partial charge in [0.15, 0.2) is 17.1 Å². The predicted molar refractivity (Wildman–Crippen MR) is 176 cm³/mol. The van der Waals surface area contributed by atoms with E-state index in [9.17, 15) is 14.9 Å². The molecule has 0 bridgehead atoms. The minimum Gasteiger partial charge on any atom is -0.485 e. The first-order chi connectivity index (χ1) is 22.1. The summed E-state index contributed by atoms with van der Waals surface area (Å²) in [4.78, 5) is 29.0. The summed E-state index contributed by atoms with van der Waals surface area (Å²) in [5.74, 6) is 0.776. The van der Waals surface area contributed by atoms with Crippen LogP contribution >= 0.6 is 11.3 Å². The zero-order chi connectivity index (χ0) is 31.0. The van der Waals surface area contributed by atoms with Gasteiger partial charge in [0.2, 0.25) is 0 Å². The Morgan fingerprint density at radius 3 is 1.98 bits per heavy atom. The van der Waals surface area contributed by atoms with Gasteiger partial charge >= 0.3 is 0 Å². The summed E-state index contributed by atoms with van der Waals surface area (Å²) in [6.45, 7) is 1.93. The number of rotatable bonds is 9. The number of nitriles is 1. The summed E-state index contributed by atoms with van der Waals surface area (Å²) < 4.78 is 14.6. The molecule has 1 saturated heterocycles. The number of carbonyl (C=O) groups is 1. The molecule has 0 aliphatic carbocycles. The minimum absolute atomic E-state index is 0.0287. The average molecular weight is 614 g/mol. The van der Waals surface area contributed by atoms with Gasteiger partial charge in [0.05, 0.1) is 10.2 Å². The summed E-state index contributed by atoms with van der Waals surface area (Å²) in [6.07, 6.45) is 3.57. The summed E-state index contributed by atoms with van der Waals surface area (Å²) >= 11 is 1.14. The molecule has 1 amide bonds. The maximum atomic E-state index is 13.9. The van der Waals surface area contributed by atoms with Gasteiger partial charge in [-0.25, -0.2) is 0 Å². The number of hydrogen-bond acceptors (Lipinski definition) is 6. The monoisotopic (exact) mass is 613 g/mol. The molecule has 6 rings (SSSR count). The molecule has 8 heteroatoms. The zero-order valence-electron chi connectivity index (χ0n) is 24.6. The first-order valence-electron chi connectivity index (χ1n) is 14.8. The summed E-state index contributed by atoms with van der Waals surface area (Å²) in [6, 6.07) is 36.5. The Kier molecular flexibility index (Phi) is 9.19. The number of amides is 1. The van der Waals surface area contributed by atoms with E-state index in [0.717, 1.165) is 40.9 Å². The van der Waals surface area contributed by atoms with Crippen molar-refractivity contribution in [2.24, 2.45) is 0 Å². The second-order valence-electron chi connectivity index (χ2n) is 10.6. The van der Waals surface area contributed by atoms with Crippen molar-refractivity contribution in [2.45, 2.75) is 26.1 Å². The number of hydrogen-bond donors (Lipinski definition) is 0. The molecule has 1 aliphatic heterocycles. The van der Waals surface area contributed by atoms with E-state index in [-0.39, 0.29) is 17.0 Å². The third kappa shape index (κ3) is 6.90. The largest absolute Gasteiger partial charge is 0.485 e. The van der Waals surface area contributed by atoms with Gasteiger partial charge in [-0.1, -0.05) is 84.9 Å². The lowest BCUT2D eigenvalue weighted by molar-refractivity contribution is -0.123. The molecule has 5 aromatic rings. The Labute approximate surface area is 265 Å². The van der Waals surface area contributed by atoms with Gasteiger partial charge < -0.3 is 14.4 Å². The molecule has 0 unspecified atom stereocenters. The second kappa shape index (κ2) is 13.9. The molecule has 0 radical (unpaired) electrons. The quantitative estimate of drug-likeness (QED) is 0.229. The molecule has 45 heavy (non-hydrogen) atoms. The molecule has 224 valence electrons. The fraction of sp³-hybridized carbons (Fsp3) is 0.162. The summed E-state index contributed by atoms with van der Waals surface area (Å²) in [5.41, 5.74) is 3.02. The lowest BCUT2D eigenvalue weighted by Gasteiger charge is -2.14. The molecule has 1 aromatic heterocycles. The van der Waals surface area contributed by atoms with Crippen molar-refractivity contribution in [2.75, 3.05) is 13.1 Å². The Balaban J connectivity index is 1.43. The average Bonchev–Trinajstić information content (AvgIpc) is 3.74. The van der Waals surface area contributed by atoms with Gasteiger partial charge in [0, 0.05) is 13.1 Å². The van der Waals surface area contributed by atoms with E-state index in [1.54, 1.807) is 23.1 Å². The van der Waals surface area contributed by atoms with Crippen LogP contribution < -0.4 is 24.2 Å². The highest BCUT2D eigenvalue weighted by molar-refractivity contribution is 7.07. The van der Waals surface area contributed by atoms with Crippen LogP contribution in [0.15, 0.2) is 114 Å². The van der Waals surface area contributed by atoms with Crippen LogP contribution in [0.1, 0.15) is 29.5 Å². The number of aromatic nitrogens is 1. The van der Waals surface area contributed by atoms with Crippen LogP contribution in [0.3, 0.4) is 0 Å². The Bertz CT molecular complexity index is 2010. The fourth-order valence-electron chi connectivity index (χ4n) is 5.20. The SMILES string of the molecule is N#C/C(C(=O)N1CCCC1)=c1/s/c(=C/c2ccc(OCc3ccccc3)c(OCc3ccccc3)c2)c(=O)n1-c1ccccc1. The number of nitrogens with zero attached hydrogens (tertiary/aromatic N) is 3. The fourth-order valence-corrected chi connectivity index (χ4v) is 6.29. The van der Waals surface area contributed by atoms with E-state index in [2.05, 4.69) is 6.07 Å². The second-order valence-corrected chi connectivity index (χ2v) is 11.7. The maximum Gasteiger partial charge on any atom is 0.273 e. The van der Waals surface area contributed by atoms with Crippen molar-refractivity contribution in [1.29, 1.82) is 5.26 Å². The number of thiazole rings is 1. The van der Waals surface area contributed by atoms with Crippen LogP contribution in [-0.2, 0) is 18.0 Å². The molecular formula is C37H31N3O4S. The summed E-state index contributed by atoms with van der Waals surface area (Å²) in [7, 11) is 0. The third-order valence-corrected chi connectivity index (χ3v) is 8.60. The molecule has 0 atom stereocenters. The molecular weight excluding hydrogens is 582 g/mol. The maximum absolute atomic E-state index is 13.9. The standard InChI is InChI=1S/C37H31N3O4S/c38-24-31(35(41)39-20-10-11-21-39)37-40(30-16-8-3-9-17-30)36(42)34(45-37)23-29-18-19-32(43-25-27-12-4-1-5-13-27)33(22-29)44-26-28-14-6-2-7-15-28/h1-9,12-19,22-23H,10-11,20-21,25-26H2/b34-23+,37-31-. The molecule has 1 aliphatic rings.